The van der Waals surface area contributed by atoms with Crippen LogP contribution in [0.2, 0.25) is 0 Å². The highest BCUT2D eigenvalue weighted by Gasteiger charge is 2.33. The van der Waals surface area contributed by atoms with Gasteiger partial charge in [0.15, 0.2) is 5.65 Å². The number of aromatic nitrogens is 5. The lowest BCUT2D eigenvalue weighted by molar-refractivity contribution is -0.141. The van der Waals surface area contributed by atoms with Gasteiger partial charge in [0.05, 0.1) is 11.9 Å². The third-order valence-electron chi connectivity index (χ3n) is 4.95. The highest BCUT2D eigenvalue weighted by molar-refractivity contribution is 5.49. The van der Waals surface area contributed by atoms with Crippen LogP contribution in [0.5, 0.6) is 0 Å². The van der Waals surface area contributed by atoms with Crippen molar-refractivity contribution in [1.29, 1.82) is 0 Å². The first kappa shape index (κ1) is 19.4. The van der Waals surface area contributed by atoms with Crippen LogP contribution in [0.1, 0.15) is 32.2 Å². The number of rotatable bonds is 2. The Balaban J connectivity index is 1.48. The molecule has 0 N–H and O–H groups in total. The van der Waals surface area contributed by atoms with Gasteiger partial charge >= 0.3 is 6.18 Å². The maximum absolute atomic E-state index is 12.9. The van der Waals surface area contributed by atoms with Crippen LogP contribution < -0.4 is 9.80 Å². The average molecular weight is 405 g/mol. The second-order valence-corrected chi connectivity index (χ2v) is 8.10. The van der Waals surface area contributed by atoms with E-state index in [2.05, 4.69) is 45.7 Å². The largest absolute Gasteiger partial charge is 0.433 e. The van der Waals surface area contributed by atoms with E-state index >= 15 is 0 Å². The highest BCUT2D eigenvalue weighted by Crippen LogP contribution is 2.29. The molecule has 29 heavy (non-hydrogen) atoms. The van der Waals surface area contributed by atoms with Crippen LogP contribution in [0, 0.1) is 0 Å². The van der Waals surface area contributed by atoms with E-state index in [1.807, 2.05) is 23.2 Å². The smallest absolute Gasteiger partial charge is 0.353 e. The first-order valence-corrected chi connectivity index (χ1v) is 9.37. The molecule has 0 aliphatic carbocycles. The molecule has 0 atom stereocenters. The van der Waals surface area contributed by atoms with Crippen LogP contribution in [-0.4, -0.2) is 50.7 Å². The number of hydrogen-bond acceptors (Lipinski definition) is 6. The van der Waals surface area contributed by atoms with Crippen molar-refractivity contribution >= 4 is 17.3 Å². The van der Waals surface area contributed by atoms with Crippen molar-refractivity contribution in [2.75, 3.05) is 36.0 Å². The van der Waals surface area contributed by atoms with Gasteiger partial charge in [-0.25, -0.2) is 19.5 Å². The molecule has 0 saturated carbocycles. The zero-order chi connectivity index (χ0) is 20.8. The summed E-state index contributed by atoms with van der Waals surface area (Å²) in [6.07, 6.45) is -1.57. The van der Waals surface area contributed by atoms with E-state index in [4.69, 9.17) is 0 Å². The van der Waals surface area contributed by atoms with Crippen molar-refractivity contribution in [1.82, 2.24) is 24.6 Å². The van der Waals surface area contributed by atoms with Gasteiger partial charge in [-0.05, 0) is 12.1 Å². The minimum absolute atomic E-state index is 0.0632. The van der Waals surface area contributed by atoms with Gasteiger partial charge in [0.2, 0.25) is 0 Å². The van der Waals surface area contributed by atoms with Gasteiger partial charge in [-0.3, -0.25) is 0 Å². The SMILES string of the molecule is CC(C)(C)c1cn2nc(N3CCN(c4cc(C(F)(F)F)ncn4)CC3)ccc2n1. The zero-order valence-electron chi connectivity index (χ0n) is 16.5. The number of nitrogens with zero attached hydrogens (tertiary/aromatic N) is 7. The predicted octanol–water partition coefficient (Wildman–Crippen LogP) is 3.16. The molecule has 7 nitrogen and oxygen atoms in total. The topological polar surface area (TPSA) is 62.5 Å². The van der Waals surface area contributed by atoms with Crippen LogP contribution in [-0.2, 0) is 11.6 Å². The molecule has 0 radical (unpaired) electrons. The van der Waals surface area contributed by atoms with E-state index in [1.165, 1.54) is 0 Å². The Morgan fingerprint density at radius 2 is 1.52 bits per heavy atom. The fraction of sp³-hybridized carbons (Fsp3) is 0.474. The van der Waals surface area contributed by atoms with E-state index in [9.17, 15) is 13.2 Å². The molecule has 3 aromatic heterocycles. The Morgan fingerprint density at radius 3 is 2.14 bits per heavy atom. The van der Waals surface area contributed by atoms with Crippen molar-refractivity contribution in [2.24, 2.45) is 0 Å². The Bertz CT molecular complexity index is 1010. The Labute approximate surface area is 166 Å². The molecule has 1 aliphatic heterocycles. The van der Waals surface area contributed by atoms with Crippen molar-refractivity contribution in [3.8, 4) is 0 Å². The summed E-state index contributed by atoms with van der Waals surface area (Å²) in [4.78, 5) is 15.9. The molecule has 0 aromatic carbocycles. The lowest BCUT2D eigenvalue weighted by atomic mass is 9.93. The molecule has 1 saturated heterocycles. The van der Waals surface area contributed by atoms with Crippen molar-refractivity contribution in [2.45, 2.75) is 32.4 Å². The van der Waals surface area contributed by atoms with Gasteiger partial charge in [0, 0.05) is 37.7 Å². The van der Waals surface area contributed by atoms with Gasteiger partial charge in [-0.1, -0.05) is 20.8 Å². The van der Waals surface area contributed by atoms with Crippen LogP contribution in [0.3, 0.4) is 0 Å². The summed E-state index contributed by atoms with van der Waals surface area (Å²) in [5.74, 6) is 1.11. The molecular formula is C19H22F3N7. The first-order chi connectivity index (χ1) is 13.6. The molecule has 10 heteroatoms. The number of halogens is 3. The lowest BCUT2D eigenvalue weighted by Crippen LogP contribution is -2.47. The monoisotopic (exact) mass is 405 g/mol. The van der Waals surface area contributed by atoms with Crippen LogP contribution >= 0.6 is 0 Å². The van der Waals surface area contributed by atoms with E-state index in [0.29, 0.717) is 32.0 Å². The number of imidazole rings is 1. The van der Waals surface area contributed by atoms with E-state index < -0.39 is 11.9 Å². The van der Waals surface area contributed by atoms with E-state index in [1.54, 1.807) is 4.52 Å². The zero-order valence-corrected chi connectivity index (χ0v) is 16.5. The average Bonchev–Trinajstić information content (AvgIpc) is 3.11. The van der Waals surface area contributed by atoms with Crippen LogP contribution in [0.15, 0.2) is 30.7 Å². The number of alkyl halides is 3. The second kappa shape index (κ2) is 6.85. The molecule has 4 heterocycles. The molecule has 0 amide bonds. The summed E-state index contributed by atoms with van der Waals surface area (Å²) in [5, 5.41) is 4.66. The molecule has 154 valence electrons. The Hall–Kier alpha value is -2.91. The maximum atomic E-state index is 12.9. The van der Waals surface area contributed by atoms with Crippen LogP contribution in [0.4, 0.5) is 24.8 Å². The number of fused-ring (bicyclic) bond motifs is 1. The molecule has 0 bridgehead atoms. The predicted molar refractivity (Wildman–Crippen MR) is 103 cm³/mol. The number of anilines is 2. The summed E-state index contributed by atoms with van der Waals surface area (Å²) < 4.78 is 40.4. The number of hydrogen-bond donors (Lipinski definition) is 0. The molecular weight excluding hydrogens is 383 g/mol. The third kappa shape index (κ3) is 3.96. The van der Waals surface area contributed by atoms with Crippen LogP contribution in [0.25, 0.3) is 5.65 Å². The summed E-state index contributed by atoms with van der Waals surface area (Å²) in [6, 6.07) is 4.86. The standard InChI is InChI=1S/C19H22F3N7/c1-18(2,3)14-11-29-15(25-14)4-5-16(26-29)27-6-8-28(9-7-27)17-10-13(19(20,21)22)23-12-24-17/h4-5,10-12H,6-9H2,1-3H3. The van der Waals surface area contributed by atoms with Gasteiger partial charge in [0.25, 0.3) is 0 Å². The van der Waals surface area contributed by atoms with Crippen molar-refractivity contribution < 1.29 is 13.2 Å². The van der Waals surface area contributed by atoms with Gasteiger partial charge in [0.1, 0.15) is 23.7 Å². The van der Waals surface area contributed by atoms with Crippen molar-refractivity contribution in [3.05, 3.63) is 42.1 Å². The van der Waals surface area contributed by atoms with E-state index in [-0.39, 0.29) is 5.41 Å². The first-order valence-electron chi connectivity index (χ1n) is 9.37. The summed E-state index contributed by atoms with van der Waals surface area (Å²) in [6.45, 7) is 8.66. The maximum Gasteiger partial charge on any atom is 0.433 e. The quantitative estimate of drug-likeness (QED) is 0.653. The normalized spacial score (nSPS) is 15.9. The molecule has 0 spiro atoms. The third-order valence-corrected chi connectivity index (χ3v) is 4.95. The summed E-state index contributed by atoms with van der Waals surface area (Å²) in [5.41, 5.74) is 0.771. The molecule has 1 aliphatic rings. The minimum Gasteiger partial charge on any atom is -0.353 e. The molecule has 0 unspecified atom stereocenters. The molecule has 4 rings (SSSR count). The molecule has 3 aromatic rings. The van der Waals surface area contributed by atoms with Crippen molar-refractivity contribution in [3.63, 3.8) is 0 Å². The van der Waals surface area contributed by atoms with Gasteiger partial charge < -0.3 is 9.80 Å². The minimum atomic E-state index is -4.48. The lowest BCUT2D eigenvalue weighted by Gasteiger charge is -2.36. The van der Waals surface area contributed by atoms with E-state index in [0.717, 1.165) is 29.6 Å². The second-order valence-electron chi connectivity index (χ2n) is 8.10. The summed E-state index contributed by atoms with van der Waals surface area (Å²) >= 11 is 0. The number of piperazine rings is 1. The van der Waals surface area contributed by atoms with Gasteiger partial charge in [-0.15, -0.1) is 5.10 Å². The highest BCUT2D eigenvalue weighted by atomic mass is 19.4. The Kier molecular flexibility index (Phi) is 4.59. The fourth-order valence-corrected chi connectivity index (χ4v) is 3.24. The Morgan fingerprint density at radius 1 is 0.862 bits per heavy atom. The molecule has 1 fully saturated rings. The van der Waals surface area contributed by atoms with Gasteiger partial charge in [-0.2, -0.15) is 13.2 Å². The fourth-order valence-electron chi connectivity index (χ4n) is 3.24. The summed E-state index contributed by atoms with van der Waals surface area (Å²) in [7, 11) is 0.